The van der Waals surface area contributed by atoms with E-state index in [9.17, 15) is 0 Å². The Hall–Kier alpha value is -1.99. The number of aromatic nitrogens is 1. The minimum absolute atomic E-state index is 0.436. The number of rotatable bonds is 3. The van der Waals surface area contributed by atoms with Gasteiger partial charge in [-0.2, -0.15) is 5.26 Å². The van der Waals surface area contributed by atoms with Crippen molar-refractivity contribution < 1.29 is 4.52 Å². The van der Waals surface area contributed by atoms with E-state index in [1.807, 2.05) is 19.1 Å². The molecule has 0 saturated carbocycles. The monoisotopic (exact) mass is 247 g/mol. The second kappa shape index (κ2) is 4.89. The first kappa shape index (κ1) is 11.5. The molecule has 0 spiro atoms. The molecular weight excluding hydrogens is 238 g/mol. The maximum absolute atomic E-state index is 8.74. The quantitative estimate of drug-likeness (QED) is 0.905. The molecule has 86 valence electrons. The van der Waals surface area contributed by atoms with Gasteiger partial charge in [0.15, 0.2) is 5.76 Å². The molecule has 1 aromatic carbocycles. The average molecular weight is 248 g/mol. The third-order valence-electron chi connectivity index (χ3n) is 2.23. The van der Waals surface area contributed by atoms with Crippen molar-refractivity contribution in [3.8, 4) is 6.07 Å². The van der Waals surface area contributed by atoms with E-state index >= 15 is 0 Å². The van der Waals surface area contributed by atoms with Gasteiger partial charge in [0.25, 0.3) is 0 Å². The van der Waals surface area contributed by atoms with E-state index in [-0.39, 0.29) is 0 Å². The van der Waals surface area contributed by atoms with Gasteiger partial charge < -0.3 is 9.84 Å². The molecular formula is C12H10ClN3O. The van der Waals surface area contributed by atoms with Crippen molar-refractivity contribution in [2.24, 2.45) is 0 Å². The van der Waals surface area contributed by atoms with E-state index in [1.165, 1.54) is 0 Å². The number of hydrogen-bond donors (Lipinski definition) is 1. The predicted octanol–water partition coefficient (Wildman–Crippen LogP) is 3.12. The van der Waals surface area contributed by atoms with Gasteiger partial charge in [0.2, 0.25) is 0 Å². The Balaban J connectivity index is 2.05. The Bertz CT molecular complexity index is 571. The molecule has 0 aliphatic rings. The summed E-state index contributed by atoms with van der Waals surface area (Å²) in [4.78, 5) is 0. The summed E-state index contributed by atoms with van der Waals surface area (Å²) in [6, 6.07) is 9.06. The zero-order valence-corrected chi connectivity index (χ0v) is 9.95. The van der Waals surface area contributed by atoms with Crippen LogP contribution in [0.5, 0.6) is 0 Å². The van der Waals surface area contributed by atoms with Gasteiger partial charge in [-0.15, -0.1) is 0 Å². The minimum atomic E-state index is 0.436. The Morgan fingerprint density at radius 3 is 2.88 bits per heavy atom. The molecule has 0 bridgehead atoms. The van der Waals surface area contributed by atoms with Crippen LogP contribution in [0.3, 0.4) is 0 Å². The maximum Gasteiger partial charge on any atom is 0.156 e. The van der Waals surface area contributed by atoms with Crippen molar-refractivity contribution >= 4 is 17.3 Å². The molecule has 17 heavy (non-hydrogen) atoms. The summed E-state index contributed by atoms with van der Waals surface area (Å²) < 4.78 is 5.06. The topological polar surface area (TPSA) is 61.9 Å². The van der Waals surface area contributed by atoms with Crippen LogP contribution in [0.1, 0.15) is 17.0 Å². The number of nitriles is 1. The molecule has 1 heterocycles. The Labute approximate surface area is 104 Å². The highest BCUT2D eigenvalue weighted by Gasteiger charge is 2.03. The summed E-state index contributed by atoms with van der Waals surface area (Å²) in [6.07, 6.45) is 0. The first-order chi connectivity index (χ1) is 8.19. The highest BCUT2D eigenvalue weighted by atomic mass is 35.5. The summed E-state index contributed by atoms with van der Waals surface area (Å²) in [5.74, 6) is 0.753. The molecule has 1 aromatic heterocycles. The van der Waals surface area contributed by atoms with Crippen molar-refractivity contribution in [2.75, 3.05) is 5.32 Å². The van der Waals surface area contributed by atoms with E-state index in [1.54, 1.807) is 18.2 Å². The van der Waals surface area contributed by atoms with Crippen LogP contribution in [0.25, 0.3) is 0 Å². The average Bonchev–Trinajstić information content (AvgIpc) is 2.73. The van der Waals surface area contributed by atoms with Gasteiger partial charge in [-0.05, 0) is 25.1 Å². The van der Waals surface area contributed by atoms with Crippen LogP contribution in [0.15, 0.2) is 28.8 Å². The Morgan fingerprint density at radius 1 is 1.47 bits per heavy atom. The SMILES string of the molecule is Cc1cc(CNc2ccc(C#N)c(Cl)c2)on1. The van der Waals surface area contributed by atoms with E-state index in [4.69, 9.17) is 21.4 Å². The Morgan fingerprint density at radius 2 is 2.29 bits per heavy atom. The summed E-state index contributed by atoms with van der Waals surface area (Å²) in [7, 11) is 0. The predicted molar refractivity (Wildman–Crippen MR) is 64.7 cm³/mol. The van der Waals surface area contributed by atoms with Crippen LogP contribution in [0.4, 0.5) is 5.69 Å². The van der Waals surface area contributed by atoms with Gasteiger partial charge in [0.05, 0.1) is 22.8 Å². The van der Waals surface area contributed by atoms with Gasteiger partial charge >= 0.3 is 0 Å². The van der Waals surface area contributed by atoms with E-state index in [0.29, 0.717) is 17.1 Å². The number of benzene rings is 1. The molecule has 0 fully saturated rings. The van der Waals surface area contributed by atoms with E-state index < -0.39 is 0 Å². The number of hydrogen-bond acceptors (Lipinski definition) is 4. The van der Waals surface area contributed by atoms with Crippen molar-refractivity contribution in [3.63, 3.8) is 0 Å². The molecule has 0 radical (unpaired) electrons. The molecule has 0 atom stereocenters. The molecule has 0 aliphatic heterocycles. The molecule has 0 saturated heterocycles. The third kappa shape index (κ3) is 2.77. The molecule has 2 aromatic rings. The smallest absolute Gasteiger partial charge is 0.156 e. The molecule has 0 amide bonds. The third-order valence-corrected chi connectivity index (χ3v) is 2.55. The number of anilines is 1. The van der Waals surface area contributed by atoms with Crippen LogP contribution in [0, 0.1) is 18.3 Å². The standard InChI is InChI=1S/C12H10ClN3O/c1-8-4-11(17-16-8)7-15-10-3-2-9(6-14)12(13)5-10/h2-5,15H,7H2,1H3. The molecule has 4 nitrogen and oxygen atoms in total. The van der Waals surface area contributed by atoms with Crippen LogP contribution in [-0.2, 0) is 6.54 Å². The van der Waals surface area contributed by atoms with Crippen LogP contribution < -0.4 is 5.32 Å². The van der Waals surface area contributed by atoms with Gasteiger partial charge in [-0.1, -0.05) is 16.8 Å². The highest BCUT2D eigenvalue weighted by Crippen LogP contribution is 2.20. The molecule has 5 heteroatoms. The van der Waals surface area contributed by atoms with Gasteiger partial charge in [-0.3, -0.25) is 0 Å². The summed E-state index contributed by atoms with van der Waals surface area (Å²) in [5, 5.41) is 16.1. The zero-order valence-electron chi connectivity index (χ0n) is 9.20. The Kier molecular flexibility index (Phi) is 3.31. The summed E-state index contributed by atoms with van der Waals surface area (Å²) >= 11 is 5.92. The van der Waals surface area contributed by atoms with Crippen molar-refractivity contribution in [1.29, 1.82) is 5.26 Å². The van der Waals surface area contributed by atoms with E-state index in [2.05, 4.69) is 10.5 Å². The zero-order chi connectivity index (χ0) is 12.3. The number of nitrogens with one attached hydrogen (secondary N) is 1. The first-order valence-electron chi connectivity index (χ1n) is 5.05. The summed E-state index contributed by atoms with van der Waals surface area (Å²) in [6.45, 7) is 2.40. The minimum Gasteiger partial charge on any atom is -0.378 e. The second-order valence-electron chi connectivity index (χ2n) is 3.59. The summed E-state index contributed by atoms with van der Waals surface area (Å²) in [5.41, 5.74) is 2.15. The fraction of sp³-hybridized carbons (Fsp3) is 0.167. The first-order valence-corrected chi connectivity index (χ1v) is 5.42. The fourth-order valence-corrected chi connectivity index (χ4v) is 1.63. The van der Waals surface area contributed by atoms with Gasteiger partial charge in [-0.25, -0.2) is 0 Å². The van der Waals surface area contributed by atoms with Crippen molar-refractivity contribution in [2.45, 2.75) is 13.5 Å². The molecule has 2 rings (SSSR count). The van der Waals surface area contributed by atoms with Crippen molar-refractivity contribution in [1.82, 2.24) is 5.16 Å². The number of halogens is 1. The lowest BCUT2D eigenvalue weighted by Crippen LogP contribution is -1.98. The van der Waals surface area contributed by atoms with Gasteiger partial charge in [0, 0.05) is 11.8 Å². The lowest BCUT2D eigenvalue weighted by molar-refractivity contribution is 0.384. The molecule has 0 unspecified atom stereocenters. The number of nitrogens with zero attached hydrogens (tertiary/aromatic N) is 2. The van der Waals surface area contributed by atoms with Crippen molar-refractivity contribution in [3.05, 3.63) is 46.3 Å². The van der Waals surface area contributed by atoms with E-state index in [0.717, 1.165) is 17.1 Å². The number of aryl methyl sites for hydroxylation is 1. The normalized spacial score (nSPS) is 9.94. The van der Waals surface area contributed by atoms with Crippen LogP contribution >= 0.6 is 11.6 Å². The lowest BCUT2D eigenvalue weighted by Gasteiger charge is -2.04. The molecule has 1 N–H and O–H groups in total. The molecule has 0 aliphatic carbocycles. The largest absolute Gasteiger partial charge is 0.378 e. The second-order valence-corrected chi connectivity index (χ2v) is 4.00. The maximum atomic E-state index is 8.74. The lowest BCUT2D eigenvalue weighted by atomic mass is 10.2. The highest BCUT2D eigenvalue weighted by molar-refractivity contribution is 6.32. The fourth-order valence-electron chi connectivity index (χ4n) is 1.40. The van der Waals surface area contributed by atoms with Crippen LogP contribution in [0.2, 0.25) is 5.02 Å². The van der Waals surface area contributed by atoms with Gasteiger partial charge in [0.1, 0.15) is 6.07 Å². The van der Waals surface area contributed by atoms with Crippen LogP contribution in [-0.4, -0.2) is 5.16 Å².